The van der Waals surface area contributed by atoms with Gasteiger partial charge in [0, 0.05) is 12.5 Å². The molecule has 2 aliphatic rings. The molecule has 110 valence electrons. The fourth-order valence-electron chi connectivity index (χ4n) is 2.73. The number of hydrogen-bond donors (Lipinski definition) is 0. The number of nitrogens with zero attached hydrogens (tertiary/aromatic N) is 3. The second-order valence-electron chi connectivity index (χ2n) is 5.53. The number of rotatable bonds is 3. The number of carbonyl (C=O) groups excluding carboxylic acids is 1. The van der Waals surface area contributed by atoms with Crippen LogP contribution in [0.1, 0.15) is 59.9 Å². The fraction of sp³-hybridized carbons (Fsp3) is 0.500. The van der Waals surface area contributed by atoms with Crippen molar-refractivity contribution in [3.63, 3.8) is 0 Å². The normalized spacial score (nSPS) is 22.0. The molecule has 0 spiro atoms. The Labute approximate surface area is 126 Å². The summed E-state index contributed by atoms with van der Waals surface area (Å²) in [5.41, 5.74) is 0. The van der Waals surface area contributed by atoms with Crippen molar-refractivity contribution in [2.75, 3.05) is 6.54 Å². The van der Waals surface area contributed by atoms with E-state index in [2.05, 4.69) is 10.1 Å². The smallest absolute Gasteiger partial charge is 0.290 e. The Balaban J connectivity index is 1.57. The lowest BCUT2D eigenvalue weighted by Crippen LogP contribution is -2.30. The molecular weight excluding hydrogens is 294 g/mol. The largest absolute Gasteiger partial charge is 0.440 e. The van der Waals surface area contributed by atoms with Crippen LogP contribution >= 0.6 is 11.6 Å². The van der Waals surface area contributed by atoms with Gasteiger partial charge in [0.1, 0.15) is 0 Å². The van der Waals surface area contributed by atoms with E-state index < -0.39 is 0 Å². The Morgan fingerprint density at radius 3 is 2.90 bits per heavy atom. The lowest BCUT2D eigenvalue weighted by atomic mass is 10.2. The zero-order valence-corrected chi connectivity index (χ0v) is 12.0. The molecule has 1 amide bonds. The molecule has 1 saturated heterocycles. The van der Waals surface area contributed by atoms with Gasteiger partial charge in [0.2, 0.25) is 5.89 Å². The summed E-state index contributed by atoms with van der Waals surface area (Å²) in [7, 11) is 0. The maximum Gasteiger partial charge on any atom is 0.290 e. The van der Waals surface area contributed by atoms with Crippen LogP contribution < -0.4 is 0 Å². The minimum atomic E-state index is -0.179. The number of halogens is 1. The molecule has 2 aromatic heterocycles. The van der Waals surface area contributed by atoms with Gasteiger partial charge in [0.15, 0.2) is 16.8 Å². The molecule has 0 radical (unpaired) electrons. The molecule has 1 atom stereocenters. The van der Waals surface area contributed by atoms with Gasteiger partial charge in [-0.2, -0.15) is 4.98 Å². The molecular formula is C14H14ClN3O3. The monoisotopic (exact) mass is 307 g/mol. The summed E-state index contributed by atoms with van der Waals surface area (Å²) in [5, 5.41) is 4.27. The maximum absolute atomic E-state index is 12.5. The van der Waals surface area contributed by atoms with Crippen LogP contribution in [0.4, 0.5) is 0 Å². The van der Waals surface area contributed by atoms with Crippen molar-refractivity contribution in [2.45, 2.75) is 37.6 Å². The fourth-order valence-corrected chi connectivity index (χ4v) is 2.87. The number of amides is 1. The van der Waals surface area contributed by atoms with Crippen molar-refractivity contribution in [3.05, 3.63) is 34.8 Å². The van der Waals surface area contributed by atoms with E-state index >= 15 is 0 Å². The van der Waals surface area contributed by atoms with E-state index in [0.717, 1.165) is 25.7 Å². The molecule has 1 aliphatic carbocycles. The molecule has 21 heavy (non-hydrogen) atoms. The quantitative estimate of drug-likeness (QED) is 0.871. The Bertz CT molecular complexity index is 677. The lowest BCUT2D eigenvalue weighted by molar-refractivity contribution is 0.0696. The number of hydrogen-bond acceptors (Lipinski definition) is 5. The molecule has 1 saturated carbocycles. The van der Waals surface area contributed by atoms with Gasteiger partial charge < -0.3 is 13.8 Å². The lowest BCUT2D eigenvalue weighted by Gasteiger charge is -2.20. The summed E-state index contributed by atoms with van der Waals surface area (Å²) in [4.78, 5) is 18.7. The van der Waals surface area contributed by atoms with E-state index in [9.17, 15) is 4.79 Å². The first-order chi connectivity index (χ1) is 10.2. The van der Waals surface area contributed by atoms with Crippen molar-refractivity contribution in [1.29, 1.82) is 0 Å². The summed E-state index contributed by atoms with van der Waals surface area (Å²) in [6.45, 7) is 0.662. The van der Waals surface area contributed by atoms with Crippen molar-refractivity contribution in [3.8, 4) is 0 Å². The second kappa shape index (κ2) is 4.87. The van der Waals surface area contributed by atoms with Crippen molar-refractivity contribution >= 4 is 17.5 Å². The highest BCUT2D eigenvalue weighted by molar-refractivity contribution is 6.29. The van der Waals surface area contributed by atoms with E-state index in [1.54, 1.807) is 17.0 Å². The van der Waals surface area contributed by atoms with Crippen LogP contribution in [0.15, 0.2) is 21.1 Å². The molecule has 2 aromatic rings. The van der Waals surface area contributed by atoms with E-state index in [0.29, 0.717) is 24.2 Å². The zero-order chi connectivity index (χ0) is 14.4. The van der Waals surface area contributed by atoms with Gasteiger partial charge in [-0.15, -0.1) is 0 Å². The standard InChI is InChI=1S/C14H14ClN3O3/c15-11-6-5-10(20-11)14(19)18-7-1-2-9(18)12-16-13(21-17-12)8-3-4-8/h5-6,8-9H,1-4,7H2. The Morgan fingerprint density at radius 1 is 1.33 bits per heavy atom. The van der Waals surface area contributed by atoms with Crippen LogP contribution in [0.3, 0.4) is 0 Å². The van der Waals surface area contributed by atoms with Gasteiger partial charge in [0.05, 0.1) is 6.04 Å². The van der Waals surface area contributed by atoms with E-state index in [1.165, 1.54) is 0 Å². The van der Waals surface area contributed by atoms with Gasteiger partial charge in [-0.1, -0.05) is 5.16 Å². The molecule has 0 aromatic carbocycles. The zero-order valence-electron chi connectivity index (χ0n) is 11.3. The van der Waals surface area contributed by atoms with Crippen LogP contribution in [-0.2, 0) is 0 Å². The summed E-state index contributed by atoms with van der Waals surface area (Å²) in [6, 6.07) is 3.02. The summed E-state index contributed by atoms with van der Waals surface area (Å²) < 4.78 is 10.5. The molecule has 6 nitrogen and oxygen atoms in total. The minimum Gasteiger partial charge on any atom is -0.440 e. The number of aromatic nitrogens is 2. The van der Waals surface area contributed by atoms with Crippen molar-refractivity contribution < 1.29 is 13.7 Å². The van der Waals surface area contributed by atoms with Crippen molar-refractivity contribution in [1.82, 2.24) is 15.0 Å². The first kappa shape index (κ1) is 12.9. The Morgan fingerprint density at radius 2 is 2.19 bits per heavy atom. The van der Waals surface area contributed by atoms with Crippen molar-refractivity contribution in [2.24, 2.45) is 0 Å². The molecule has 7 heteroatoms. The molecule has 0 bridgehead atoms. The molecule has 1 unspecified atom stereocenters. The predicted octanol–water partition coefficient (Wildman–Crippen LogP) is 3.17. The van der Waals surface area contributed by atoms with Gasteiger partial charge in [-0.25, -0.2) is 0 Å². The van der Waals surface area contributed by atoms with Crippen LogP contribution in [0.5, 0.6) is 0 Å². The summed E-state index contributed by atoms with van der Waals surface area (Å²) >= 11 is 5.73. The van der Waals surface area contributed by atoms with E-state index in [4.69, 9.17) is 20.5 Å². The highest BCUT2D eigenvalue weighted by Crippen LogP contribution is 2.40. The molecule has 0 N–H and O–H groups in total. The Hall–Kier alpha value is -1.82. The molecule has 3 heterocycles. The molecule has 4 rings (SSSR count). The van der Waals surface area contributed by atoms with Crippen LogP contribution in [0.25, 0.3) is 0 Å². The number of carbonyl (C=O) groups is 1. The van der Waals surface area contributed by atoms with E-state index in [-0.39, 0.29) is 22.9 Å². The van der Waals surface area contributed by atoms with Gasteiger partial charge in [-0.3, -0.25) is 4.79 Å². The number of likely N-dealkylation sites (tertiary alicyclic amines) is 1. The summed E-state index contributed by atoms with van der Waals surface area (Å²) in [5.74, 6) is 1.78. The third-order valence-electron chi connectivity index (χ3n) is 3.98. The van der Waals surface area contributed by atoms with Gasteiger partial charge >= 0.3 is 0 Å². The van der Waals surface area contributed by atoms with Crippen LogP contribution in [0, 0.1) is 0 Å². The van der Waals surface area contributed by atoms with E-state index in [1.807, 2.05) is 0 Å². The highest BCUT2D eigenvalue weighted by atomic mass is 35.5. The van der Waals surface area contributed by atoms with Gasteiger partial charge in [0.25, 0.3) is 5.91 Å². The summed E-state index contributed by atoms with van der Waals surface area (Å²) in [6.07, 6.45) is 3.97. The molecule has 1 aliphatic heterocycles. The second-order valence-corrected chi connectivity index (χ2v) is 5.90. The molecule has 2 fully saturated rings. The average Bonchev–Trinajstić information content (AvgIpc) is 2.94. The highest BCUT2D eigenvalue weighted by Gasteiger charge is 2.37. The predicted molar refractivity (Wildman–Crippen MR) is 73.0 cm³/mol. The Kier molecular flexibility index (Phi) is 2.99. The number of furan rings is 1. The minimum absolute atomic E-state index is 0.141. The van der Waals surface area contributed by atoms with Crippen LogP contribution in [0.2, 0.25) is 5.22 Å². The topological polar surface area (TPSA) is 72.4 Å². The average molecular weight is 308 g/mol. The first-order valence-corrected chi connectivity index (χ1v) is 7.50. The first-order valence-electron chi connectivity index (χ1n) is 7.12. The maximum atomic E-state index is 12.5. The third-order valence-corrected chi connectivity index (χ3v) is 4.18. The third kappa shape index (κ3) is 2.33. The SMILES string of the molecule is O=C(c1ccc(Cl)o1)N1CCCC1c1noc(C2CC2)n1. The van der Waals surface area contributed by atoms with Gasteiger partial charge in [-0.05, 0) is 49.4 Å². The van der Waals surface area contributed by atoms with Crippen LogP contribution in [-0.4, -0.2) is 27.5 Å².